The zero-order valence-electron chi connectivity index (χ0n) is 32.9. The average Bonchev–Trinajstić information content (AvgIpc) is 3.54. The highest BCUT2D eigenvalue weighted by molar-refractivity contribution is 5.96. The number of amides is 3. The van der Waals surface area contributed by atoms with Gasteiger partial charge in [-0.3, -0.25) is 14.5 Å². The first-order valence-electron chi connectivity index (χ1n) is 19.6. The van der Waals surface area contributed by atoms with Crippen molar-refractivity contribution in [1.82, 2.24) is 25.4 Å². The van der Waals surface area contributed by atoms with Crippen molar-refractivity contribution >= 4 is 34.8 Å². The number of carbonyl (C=O) groups excluding carboxylic acids is 3. The van der Waals surface area contributed by atoms with Crippen molar-refractivity contribution in [3.05, 3.63) is 66.2 Å². The van der Waals surface area contributed by atoms with E-state index in [0.29, 0.717) is 51.2 Å². The highest BCUT2D eigenvalue weighted by atomic mass is 16.6. The Labute approximate surface area is 327 Å². The summed E-state index contributed by atoms with van der Waals surface area (Å²) >= 11 is 0. The van der Waals surface area contributed by atoms with E-state index in [1.165, 1.54) is 0 Å². The van der Waals surface area contributed by atoms with Gasteiger partial charge < -0.3 is 34.9 Å². The van der Waals surface area contributed by atoms with Crippen LogP contribution in [0.1, 0.15) is 64.9 Å². The standard InChI is InChI=1S/C43H53N5O8/c1-42(2,3)56-41(53)45-34-12-10-8-6-7-9-11-29-21-43(29,40(51)52)46-38(49)37-33-25-47(23-28(33)24-48(37)39(34)50)22-27-19-35(26-13-15-30(54-4)16-14-26)44-36-20-31(55-5)17-18-32(27)36/h9,11,13-20,28-29,33-34,37H,6-8,10,12,21-25H2,1-5H3,(H,45,53)(H,46,49)(H,51,52)/b11-9-/t28-,29+,33-,34+,37-,43+/m0/s1. The number of benzene rings is 2. The number of methoxy groups -OCH3 is 2. The zero-order valence-corrected chi connectivity index (χ0v) is 32.9. The number of nitrogens with zero attached hydrogens (tertiary/aromatic N) is 3. The molecule has 4 aliphatic rings. The molecule has 56 heavy (non-hydrogen) atoms. The molecule has 0 unspecified atom stereocenters. The van der Waals surface area contributed by atoms with Crippen LogP contribution in [0.2, 0.25) is 0 Å². The van der Waals surface area contributed by atoms with Crippen LogP contribution in [0.3, 0.4) is 0 Å². The number of carboxylic acids is 1. The Morgan fingerprint density at radius 3 is 2.45 bits per heavy atom. The maximum absolute atomic E-state index is 14.5. The Hall–Kier alpha value is -5.17. The van der Waals surface area contributed by atoms with Crippen LogP contribution in [0.5, 0.6) is 11.5 Å². The summed E-state index contributed by atoms with van der Waals surface area (Å²) in [5.41, 5.74) is 1.41. The molecule has 3 aliphatic heterocycles. The van der Waals surface area contributed by atoms with Gasteiger partial charge in [-0.1, -0.05) is 25.0 Å². The fraction of sp³-hybridized carbons (Fsp3) is 0.512. The van der Waals surface area contributed by atoms with Crippen LogP contribution < -0.4 is 20.1 Å². The Balaban J connectivity index is 1.19. The number of carboxylic acid groups (broad SMARTS) is 1. The summed E-state index contributed by atoms with van der Waals surface area (Å²) in [4.78, 5) is 63.6. The second-order valence-corrected chi connectivity index (χ2v) is 16.7. The Morgan fingerprint density at radius 2 is 1.73 bits per heavy atom. The van der Waals surface area contributed by atoms with E-state index in [2.05, 4.69) is 21.6 Å². The molecule has 1 aromatic heterocycles. The summed E-state index contributed by atoms with van der Waals surface area (Å²) in [6.07, 6.45) is 7.05. The van der Waals surface area contributed by atoms with Crippen molar-refractivity contribution < 1.29 is 38.5 Å². The van der Waals surface area contributed by atoms with E-state index in [9.17, 15) is 24.3 Å². The lowest BCUT2D eigenvalue weighted by molar-refractivity contribution is -0.146. The van der Waals surface area contributed by atoms with Gasteiger partial charge in [-0.2, -0.15) is 0 Å². The molecule has 298 valence electrons. The number of carbonyl (C=O) groups is 4. The van der Waals surface area contributed by atoms with Gasteiger partial charge >= 0.3 is 12.1 Å². The van der Waals surface area contributed by atoms with Gasteiger partial charge in [0.2, 0.25) is 11.8 Å². The van der Waals surface area contributed by atoms with E-state index >= 15 is 0 Å². The SMILES string of the molecule is COc1ccc(-c2cc(CN3C[C@H]4CN5C(=O)[C@H](NC(=O)OC(C)(C)C)CCCCC/C=C\[C@@H]6C[C@@]6(C(=O)O)NC(=O)[C@@H]5[C@H]4C3)c3ccc(OC)cc3n2)cc1. The predicted molar refractivity (Wildman–Crippen MR) is 210 cm³/mol. The number of hydrogen-bond donors (Lipinski definition) is 3. The van der Waals surface area contributed by atoms with Gasteiger partial charge in [0.05, 0.1) is 25.4 Å². The molecule has 3 N–H and O–H groups in total. The normalized spacial score (nSPS) is 27.5. The molecule has 6 atom stereocenters. The monoisotopic (exact) mass is 767 g/mol. The number of alkyl carbamates (subject to hydrolysis) is 1. The molecule has 13 nitrogen and oxygen atoms in total. The second-order valence-electron chi connectivity index (χ2n) is 16.7. The minimum atomic E-state index is -1.41. The largest absolute Gasteiger partial charge is 0.497 e. The molecular formula is C43H53N5O8. The molecule has 2 aromatic carbocycles. The number of fused-ring (bicyclic) bond motifs is 5. The molecule has 3 aromatic rings. The van der Waals surface area contributed by atoms with Crippen molar-refractivity contribution in [2.24, 2.45) is 17.8 Å². The highest BCUT2D eigenvalue weighted by Crippen LogP contribution is 2.46. The van der Waals surface area contributed by atoms with Gasteiger partial charge in [-0.15, -0.1) is 0 Å². The Bertz CT molecular complexity index is 2010. The van der Waals surface area contributed by atoms with Gasteiger partial charge in [0, 0.05) is 55.0 Å². The minimum Gasteiger partial charge on any atom is -0.497 e. The predicted octanol–water partition coefficient (Wildman–Crippen LogP) is 5.55. The summed E-state index contributed by atoms with van der Waals surface area (Å²) in [7, 11) is 3.26. The maximum Gasteiger partial charge on any atom is 0.408 e. The zero-order chi connectivity index (χ0) is 39.8. The van der Waals surface area contributed by atoms with Crippen LogP contribution in [0, 0.1) is 17.8 Å². The quantitative estimate of drug-likeness (QED) is 0.260. The molecule has 4 heterocycles. The lowest BCUT2D eigenvalue weighted by atomic mass is 9.93. The number of ether oxygens (including phenoxy) is 3. The molecule has 1 aliphatic carbocycles. The molecule has 3 fully saturated rings. The van der Waals surface area contributed by atoms with Crippen LogP contribution in [-0.4, -0.2) is 101 Å². The molecule has 0 spiro atoms. The fourth-order valence-corrected chi connectivity index (χ4v) is 8.73. The summed E-state index contributed by atoms with van der Waals surface area (Å²) < 4.78 is 16.5. The number of allylic oxidation sites excluding steroid dienone is 1. The van der Waals surface area contributed by atoms with Crippen LogP contribution in [0.15, 0.2) is 60.7 Å². The molecule has 1 saturated carbocycles. The minimum absolute atomic E-state index is 0.0549. The number of aromatic nitrogens is 1. The number of pyridine rings is 1. The lowest BCUT2D eigenvalue weighted by Gasteiger charge is -2.33. The van der Waals surface area contributed by atoms with Gasteiger partial charge in [0.15, 0.2) is 0 Å². The molecule has 0 radical (unpaired) electrons. The summed E-state index contributed by atoms with van der Waals surface area (Å²) in [6, 6.07) is 13.9. The molecule has 0 bridgehead atoms. The third kappa shape index (κ3) is 8.18. The van der Waals surface area contributed by atoms with E-state index in [1.54, 1.807) is 39.9 Å². The number of rotatable bonds is 7. The van der Waals surface area contributed by atoms with Gasteiger partial charge in [-0.25, -0.2) is 14.6 Å². The number of aliphatic carboxylic acids is 1. The third-order valence-corrected chi connectivity index (χ3v) is 11.6. The first-order valence-corrected chi connectivity index (χ1v) is 19.6. The van der Waals surface area contributed by atoms with Gasteiger partial charge in [-0.05, 0) is 100 Å². The van der Waals surface area contributed by atoms with E-state index in [-0.39, 0.29) is 23.7 Å². The fourth-order valence-electron chi connectivity index (χ4n) is 8.73. The Kier molecular flexibility index (Phi) is 11.0. The van der Waals surface area contributed by atoms with Crippen molar-refractivity contribution in [1.29, 1.82) is 0 Å². The highest BCUT2D eigenvalue weighted by Gasteiger charge is 2.62. The van der Waals surface area contributed by atoms with Gasteiger partial charge in [0.25, 0.3) is 0 Å². The van der Waals surface area contributed by atoms with Gasteiger partial charge in [0.1, 0.15) is 34.7 Å². The molecule has 7 rings (SSSR count). The number of hydrogen-bond acceptors (Lipinski definition) is 9. The molecular weight excluding hydrogens is 714 g/mol. The molecule has 13 heteroatoms. The van der Waals surface area contributed by atoms with Crippen LogP contribution in [0.25, 0.3) is 22.2 Å². The Morgan fingerprint density at radius 1 is 0.982 bits per heavy atom. The van der Waals surface area contributed by atoms with E-state index < -0.39 is 41.2 Å². The first kappa shape index (κ1) is 39.1. The topological polar surface area (TPSA) is 160 Å². The maximum atomic E-state index is 14.5. The molecule has 2 saturated heterocycles. The van der Waals surface area contributed by atoms with Crippen molar-refractivity contribution in [2.75, 3.05) is 33.9 Å². The van der Waals surface area contributed by atoms with Crippen LogP contribution in [0.4, 0.5) is 4.79 Å². The average molecular weight is 768 g/mol. The van der Waals surface area contributed by atoms with Crippen molar-refractivity contribution in [3.63, 3.8) is 0 Å². The van der Waals surface area contributed by atoms with E-state index in [0.717, 1.165) is 52.7 Å². The first-order chi connectivity index (χ1) is 26.8. The smallest absolute Gasteiger partial charge is 0.408 e. The van der Waals surface area contributed by atoms with Crippen molar-refractivity contribution in [2.45, 2.75) is 89.1 Å². The molecule has 3 amide bonds. The van der Waals surface area contributed by atoms with E-state index in [4.69, 9.17) is 19.2 Å². The number of likely N-dealkylation sites (tertiary alicyclic amines) is 1. The van der Waals surface area contributed by atoms with E-state index in [1.807, 2.05) is 54.6 Å². The van der Waals surface area contributed by atoms with Crippen molar-refractivity contribution in [3.8, 4) is 22.8 Å². The van der Waals surface area contributed by atoms with Crippen LogP contribution >= 0.6 is 0 Å². The summed E-state index contributed by atoms with van der Waals surface area (Å²) in [5, 5.41) is 17.1. The lowest BCUT2D eigenvalue weighted by Crippen LogP contribution is -2.58. The summed E-state index contributed by atoms with van der Waals surface area (Å²) in [5.74, 6) is -1.09. The third-order valence-electron chi connectivity index (χ3n) is 11.6. The second kappa shape index (κ2) is 15.8. The summed E-state index contributed by atoms with van der Waals surface area (Å²) in [6.45, 7) is 7.30. The number of nitrogens with one attached hydrogen (secondary N) is 2. The van der Waals surface area contributed by atoms with Crippen LogP contribution in [-0.2, 0) is 25.7 Å².